The Morgan fingerprint density at radius 1 is 1.46 bits per heavy atom. The van der Waals surface area contributed by atoms with Crippen molar-refractivity contribution >= 4 is 5.97 Å². The van der Waals surface area contributed by atoms with Gasteiger partial charge in [-0.3, -0.25) is 0 Å². The van der Waals surface area contributed by atoms with Gasteiger partial charge in [0.1, 0.15) is 17.6 Å². The van der Waals surface area contributed by atoms with E-state index in [0.29, 0.717) is 18.3 Å². The van der Waals surface area contributed by atoms with Crippen LogP contribution in [0.2, 0.25) is 0 Å². The zero-order valence-corrected chi connectivity index (χ0v) is 12.6. The molecule has 1 unspecified atom stereocenters. The van der Waals surface area contributed by atoms with E-state index in [2.05, 4.69) is 5.32 Å². The first-order chi connectivity index (χ1) is 11.2. The average Bonchev–Trinajstić information content (AvgIpc) is 3.00. The minimum atomic E-state index is -5.08. The first kappa shape index (κ1) is 19.7. The minimum absolute atomic E-state index is 0.0531. The fourth-order valence-electron chi connectivity index (χ4n) is 1.98. The van der Waals surface area contributed by atoms with Crippen LogP contribution in [0.4, 0.5) is 17.6 Å². The summed E-state index contributed by atoms with van der Waals surface area (Å²) in [6.45, 7) is 2.72. The first-order valence-electron chi connectivity index (χ1n) is 7.07. The Balaban J connectivity index is 0.000000351. The van der Waals surface area contributed by atoms with Crippen molar-refractivity contribution in [2.75, 3.05) is 19.7 Å². The number of rotatable bonds is 4. The molecule has 0 spiro atoms. The van der Waals surface area contributed by atoms with E-state index in [-0.39, 0.29) is 5.56 Å². The van der Waals surface area contributed by atoms with Crippen LogP contribution in [0.1, 0.15) is 18.4 Å². The van der Waals surface area contributed by atoms with Crippen molar-refractivity contribution in [2.45, 2.75) is 19.0 Å². The number of aliphatic carboxylic acids is 1. The highest BCUT2D eigenvalue weighted by atomic mass is 19.4. The summed E-state index contributed by atoms with van der Waals surface area (Å²) in [5.74, 6) is -2.12. The highest BCUT2D eigenvalue weighted by Crippen LogP contribution is 2.18. The Kier molecular flexibility index (Phi) is 7.45. The molecule has 1 aromatic rings. The molecule has 5 nitrogen and oxygen atoms in total. The lowest BCUT2D eigenvalue weighted by Gasteiger charge is -2.10. The zero-order valence-electron chi connectivity index (χ0n) is 12.6. The molecule has 1 aliphatic rings. The van der Waals surface area contributed by atoms with Gasteiger partial charge in [-0.1, -0.05) is 0 Å². The largest absolute Gasteiger partial charge is 0.493 e. The summed E-state index contributed by atoms with van der Waals surface area (Å²) in [6.07, 6.45) is -2.92. The molecule has 1 aromatic carbocycles. The maximum absolute atomic E-state index is 13.3. The number of carbonyl (C=O) groups is 1. The van der Waals surface area contributed by atoms with Crippen LogP contribution in [-0.2, 0) is 4.79 Å². The van der Waals surface area contributed by atoms with Crippen LogP contribution in [0.25, 0.3) is 0 Å². The summed E-state index contributed by atoms with van der Waals surface area (Å²) in [5, 5.41) is 19.0. The monoisotopic (exact) mass is 348 g/mol. The summed E-state index contributed by atoms with van der Waals surface area (Å²) in [5.41, 5.74) is 0.0531. The third-order valence-electron chi connectivity index (χ3n) is 3.26. The number of nitrogens with one attached hydrogen (secondary N) is 1. The smallest absolute Gasteiger partial charge is 0.490 e. The topological polar surface area (TPSA) is 82.3 Å². The van der Waals surface area contributed by atoms with Crippen molar-refractivity contribution in [1.82, 2.24) is 5.32 Å². The molecule has 1 heterocycles. The van der Waals surface area contributed by atoms with Crippen molar-refractivity contribution in [1.29, 1.82) is 5.26 Å². The number of benzene rings is 1. The van der Waals surface area contributed by atoms with Gasteiger partial charge < -0.3 is 15.2 Å². The summed E-state index contributed by atoms with van der Waals surface area (Å²) < 4.78 is 50.5. The molecule has 0 amide bonds. The van der Waals surface area contributed by atoms with Gasteiger partial charge in [0.15, 0.2) is 0 Å². The molecular formula is C15H16F4N2O3. The van der Waals surface area contributed by atoms with E-state index in [1.807, 2.05) is 0 Å². The van der Waals surface area contributed by atoms with Crippen molar-refractivity contribution in [3.63, 3.8) is 0 Å². The summed E-state index contributed by atoms with van der Waals surface area (Å²) in [7, 11) is 0. The van der Waals surface area contributed by atoms with Gasteiger partial charge in [0.25, 0.3) is 0 Å². The van der Waals surface area contributed by atoms with E-state index in [9.17, 15) is 17.6 Å². The molecule has 2 rings (SSSR count). The molecule has 0 saturated carbocycles. The number of nitrogens with zero attached hydrogens (tertiary/aromatic N) is 1. The van der Waals surface area contributed by atoms with Crippen molar-refractivity contribution in [3.05, 3.63) is 29.6 Å². The van der Waals surface area contributed by atoms with Gasteiger partial charge in [0.05, 0.1) is 12.2 Å². The first-order valence-corrected chi connectivity index (χ1v) is 7.07. The molecule has 1 fully saturated rings. The second-order valence-electron chi connectivity index (χ2n) is 5.05. The van der Waals surface area contributed by atoms with Crippen LogP contribution in [-0.4, -0.2) is 36.9 Å². The van der Waals surface area contributed by atoms with Crippen molar-refractivity contribution in [3.8, 4) is 11.8 Å². The number of nitriles is 1. The number of hydrogen-bond acceptors (Lipinski definition) is 4. The van der Waals surface area contributed by atoms with Gasteiger partial charge in [0, 0.05) is 6.07 Å². The van der Waals surface area contributed by atoms with Crippen LogP contribution in [0.3, 0.4) is 0 Å². The number of hydrogen-bond donors (Lipinski definition) is 2. The Labute approximate surface area is 135 Å². The molecule has 0 bridgehead atoms. The lowest BCUT2D eigenvalue weighted by molar-refractivity contribution is -0.192. The van der Waals surface area contributed by atoms with E-state index in [4.69, 9.17) is 19.9 Å². The van der Waals surface area contributed by atoms with E-state index in [1.165, 1.54) is 18.6 Å². The zero-order chi connectivity index (χ0) is 18.2. The maximum atomic E-state index is 13.3. The minimum Gasteiger partial charge on any atom is -0.493 e. The summed E-state index contributed by atoms with van der Waals surface area (Å²) >= 11 is 0. The third kappa shape index (κ3) is 6.83. The number of carboxylic acid groups (broad SMARTS) is 1. The number of ether oxygens (including phenoxy) is 1. The summed E-state index contributed by atoms with van der Waals surface area (Å²) in [6, 6.07) is 6.13. The lowest BCUT2D eigenvalue weighted by atomic mass is 10.1. The second kappa shape index (κ2) is 9.08. The van der Waals surface area contributed by atoms with E-state index >= 15 is 0 Å². The number of halogens is 4. The number of carboxylic acids is 1. The van der Waals surface area contributed by atoms with Crippen LogP contribution in [0.5, 0.6) is 5.75 Å². The van der Waals surface area contributed by atoms with E-state index < -0.39 is 18.0 Å². The summed E-state index contributed by atoms with van der Waals surface area (Å²) in [4.78, 5) is 8.90. The molecule has 132 valence electrons. The second-order valence-corrected chi connectivity index (χ2v) is 5.05. The highest BCUT2D eigenvalue weighted by molar-refractivity contribution is 5.73. The van der Waals surface area contributed by atoms with Gasteiger partial charge in [-0.25, -0.2) is 9.18 Å². The van der Waals surface area contributed by atoms with Crippen LogP contribution >= 0.6 is 0 Å². The molecule has 9 heteroatoms. The molecule has 24 heavy (non-hydrogen) atoms. The predicted octanol–water partition coefficient (Wildman–Crippen LogP) is 2.71. The molecule has 1 atom stereocenters. The van der Waals surface area contributed by atoms with Gasteiger partial charge in [-0.2, -0.15) is 18.4 Å². The Hall–Kier alpha value is -2.34. The molecule has 0 aliphatic carbocycles. The Morgan fingerprint density at radius 3 is 2.58 bits per heavy atom. The SMILES string of the molecule is N#Cc1ccc(OCCC2CCNC2)cc1F.O=C(O)C(F)(F)F. The quantitative estimate of drug-likeness (QED) is 0.818. The fraction of sp³-hybridized carbons (Fsp3) is 0.467. The molecule has 0 aromatic heterocycles. The molecular weight excluding hydrogens is 332 g/mol. The highest BCUT2D eigenvalue weighted by Gasteiger charge is 2.38. The Morgan fingerprint density at radius 2 is 2.12 bits per heavy atom. The predicted molar refractivity (Wildman–Crippen MR) is 75.9 cm³/mol. The van der Waals surface area contributed by atoms with Crippen molar-refractivity contribution < 1.29 is 32.2 Å². The van der Waals surface area contributed by atoms with Gasteiger partial charge in [-0.15, -0.1) is 0 Å². The normalized spacial score (nSPS) is 16.7. The van der Waals surface area contributed by atoms with Crippen LogP contribution < -0.4 is 10.1 Å². The van der Waals surface area contributed by atoms with Gasteiger partial charge >= 0.3 is 12.1 Å². The fourth-order valence-corrected chi connectivity index (χ4v) is 1.98. The van der Waals surface area contributed by atoms with Crippen LogP contribution in [0.15, 0.2) is 18.2 Å². The van der Waals surface area contributed by atoms with E-state index in [1.54, 1.807) is 12.1 Å². The molecule has 1 aliphatic heterocycles. The van der Waals surface area contributed by atoms with Gasteiger partial charge in [0.2, 0.25) is 0 Å². The maximum Gasteiger partial charge on any atom is 0.490 e. The Bertz CT molecular complexity index is 593. The third-order valence-corrected chi connectivity index (χ3v) is 3.26. The molecule has 1 saturated heterocycles. The standard InChI is InChI=1S/C13H15FN2O.C2HF3O2/c14-13-7-12(2-1-11(13)8-15)17-6-4-10-3-5-16-9-10;3-2(4,5)1(6)7/h1-2,7,10,16H,3-6,9H2;(H,6,7). The average molecular weight is 348 g/mol. The lowest BCUT2D eigenvalue weighted by Crippen LogP contribution is -2.21. The van der Waals surface area contributed by atoms with Crippen LogP contribution in [0, 0.1) is 23.1 Å². The van der Waals surface area contributed by atoms with Crippen molar-refractivity contribution in [2.24, 2.45) is 5.92 Å². The van der Waals surface area contributed by atoms with Gasteiger partial charge in [-0.05, 0) is 44.0 Å². The number of alkyl halides is 3. The van der Waals surface area contributed by atoms with E-state index in [0.717, 1.165) is 19.5 Å². The molecule has 2 N–H and O–H groups in total. The molecule has 0 radical (unpaired) electrons.